The first-order valence-electron chi connectivity index (χ1n) is 33.5. The number of carbonyl (C=O) groups excluding carboxylic acids is 2. The maximum absolute atomic E-state index is 14.7. The predicted molar refractivity (Wildman–Crippen MR) is 327 cm³/mol. The molecule has 0 aromatic heterocycles. The molecule has 6 fully saturated rings. The monoisotopic (exact) mass is 1170 g/mol. The molecule has 6 rings (SSSR count). The van der Waals surface area contributed by atoms with Crippen molar-refractivity contribution < 1.29 is 58.8 Å². The van der Waals surface area contributed by atoms with Crippen molar-refractivity contribution in [3.63, 3.8) is 0 Å². The van der Waals surface area contributed by atoms with E-state index in [9.17, 15) is 35.1 Å². The summed E-state index contributed by atoms with van der Waals surface area (Å²) in [7, 11) is 4.13. The van der Waals surface area contributed by atoms with Gasteiger partial charge in [0.1, 0.15) is 23.9 Å². The van der Waals surface area contributed by atoms with Gasteiger partial charge in [-0.25, -0.2) is 0 Å². The third-order valence-electron chi connectivity index (χ3n) is 22.5. The average molecular weight is 1170 g/mol. The van der Waals surface area contributed by atoms with Crippen LogP contribution >= 0.6 is 7.26 Å². The Balaban J connectivity index is 1.12. The van der Waals surface area contributed by atoms with Crippen LogP contribution in [0.2, 0.25) is 0 Å². The second-order valence-electron chi connectivity index (χ2n) is 28.8. The van der Waals surface area contributed by atoms with Crippen LogP contribution in [0.3, 0.4) is 0 Å². The molecule has 14 nitrogen and oxygen atoms in total. The summed E-state index contributed by atoms with van der Waals surface area (Å²) >= 11 is 0. The van der Waals surface area contributed by atoms with Gasteiger partial charge in [0.25, 0.3) is 0 Å². The van der Waals surface area contributed by atoms with E-state index < -0.39 is 103 Å². The third-order valence-corrected chi connectivity index (χ3v) is 30.0. The van der Waals surface area contributed by atoms with Crippen LogP contribution in [0, 0.1) is 23.7 Å². The molecule has 1 amide bonds. The maximum Gasteiger partial charge on any atom is 0.126 e. The maximum atomic E-state index is 14.7. The van der Waals surface area contributed by atoms with Gasteiger partial charge in [-0.1, -0.05) is 20.8 Å². The topological polar surface area (TPSA) is 188 Å². The minimum atomic E-state index is -1.96. The molecule has 3 saturated heterocycles. The minimum absolute atomic E-state index is 0.122. The number of ether oxygens (including phenoxy) is 5. The Labute approximate surface area is 493 Å². The quantitative estimate of drug-likeness (QED) is 0.0370. The molecule has 18 atom stereocenters. The molecule has 0 unspecified atom stereocenters. The van der Waals surface area contributed by atoms with Crippen LogP contribution in [-0.2, 0) is 33.3 Å². The van der Waals surface area contributed by atoms with E-state index in [1.807, 2.05) is 39.8 Å². The molecule has 3 saturated carbocycles. The Morgan fingerprint density at radius 2 is 1.26 bits per heavy atom. The molecule has 0 aromatic rings. The molecular weight excluding hydrogens is 1040 g/mol. The van der Waals surface area contributed by atoms with Crippen molar-refractivity contribution in [3.8, 4) is 0 Å². The van der Waals surface area contributed by atoms with E-state index in [4.69, 9.17) is 23.7 Å². The number of esters is 1. The molecule has 0 spiro atoms. The van der Waals surface area contributed by atoms with Crippen molar-refractivity contribution in [1.29, 1.82) is 0 Å². The van der Waals surface area contributed by atoms with E-state index in [2.05, 4.69) is 0 Å². The van der Waals surface area contributed by atoms with Gasteiger partial charge in [0.2, 0.25) is 5.91 Å². The molecule has 6 aliphatic rings. The number of aliphatic hydroxyl groups excluding tert-OH is 3. The number of amides is 1. The summed E-state index contributed by atoms with van der Waals surface area (Å²) in [5.74, 6) is -3.33. The molecule has 0 aromatic carbocycles. The smallest absolute Gasteiger partial charge is 0.126 e. The van der Waals surface area contributed by atoms with Crippen LogP contribution in [0.1, 0.15) is 249 Å². The second-order valence-corrected chi connectivity index (χ2v) is 34.0. The Hall–Kier alpha value is -1.03. The third kappa shape index (κ3) is 17.2. The predicted octanol–water partition coefficient (Wildman–Crippen LogP) is 11.3. The van der Waals surface area contributed by atoms with Gasteiger partial charge in [-0.15, -0.1) is 0 Å². The first-order valence-corrected chi connectivity index (χ1v) is 35.9. The fraction of sp³-hybridized carbons (Fsp3) is 0.970. The summed E-state index contributed by atoms with van der Waals surface area (Å²) in [6, 6.07) is -1.05. The summed E-state index contributed by atoms with van der Waals surface area (Å²) in [4.78, 5) is 33.0. The zero-order chi connectivity index (χ0) is 59.5. The summed E-state index contributed by atoms with van der Waals surface area (Å²) < 4.78 is 31.9. The number of unbranched alkanes of at least 4 members (excludes halogenated alkanes) is 9. The molecule has 5 N–H and O–H groups in total. The Kier molecular flexibility index (Phi) is 26.6. The van der Waals surface area contributed by atoms with Crippen LogP contribution in [0.25, 0.3) is 0 Å². The fourth-order valence-electron chi connectivity index (χ4n) is 17.7. The van der Waals surface area contributed by atoms with E-state index in [1.165, 1.54) is 91.1 Å². The molecule has 3 aliphatic heterocycles. The molecule has 0 radical (unpaired) electrons. The largest absolute Gasteiger partial charge is 0.388 e. The van der Waals surface area contributed by atoms with E-state index in [0.717, 1.165) is 36.2 Å². The van der Waals surface area contributed by atoms with Crippen LogP contribution in [-0.4, -0.2) is 182 Å². The normalized spacial score (nSPS) is 40.0. The van der Waals surface area contributed by atoms with Gasteiger partial charge >= 0.3 is 184 Å². The van der Waals surface area contributed by atoms with Gasteiger partial charge in [-0.3, -0.25) is 9.59 Å². The van der Waals surface area contributed by atoms with Crippen molar-refractivity contribution in [3.05, 3.63) is 0 Å². The van der Waals surface area contributed by atoms with Crippen LogP contribution in [0.4, 0.5) is 0 Å². The number of carbonyl (C=O) groups is 2. The number of hydrogen-bond acceptors (Lipinski definition) is 13. The van der Waals surface area contributed by atoms with Crippen molar-refractivity contribution in [1.82, 2.24) is 9.80 Å². The van der Waals surface area contributed by atoms with E-state index in [1.54, 1.807) is 91.1 Å². The number of aliphatic hydroxyl groups is 5. The number of nitrogens with zero attached hydrogens (tertiary/aromatic N) is 2. The Bertz CT molecular complexity index is 1830. The van der Waals surface area contributed by atoms with Crippen molar-refractivity contribution in [2.45, 2.75) is 350 Å². The molecular formula is C66H123N2O12P. The van der Waals surface area contributed by atoms with Gasteiger partial charge in [-0.2, -0.15) is 0 Å². The van der Waals surface area contributed by atoms with E-state index in [0.29, 0.717) is 19.3 Å². The number of cyclic esters (lactones) is 1. The van der Waals surface area contributed by atoms with Crippen molar-refractivity contribution in [2.75, 3.05) is 33.9 Å². The minimum Gasteiger partial charge on any atom is -0.388 e. The van der Waals surface area contributed by atoms with Crippen LogP contribution in [0.5, 0.6) is 0 Å². The molecule has 3 heterocycles. The molecule has 15 heteroatoms. The summed E-state index contributed by atoms with van der Waals surface area (Å²) in [6.07, 6.45) is 25.7. The Morgan fingerprint density at radius 1 is 0.741 bits per heavy atom. The number of hydrogen-bond donors (Lipinski definition) is 5. The zero-order valence-corrected chi connectivity index (χ0v) is 54.6. The Morgan fingerprint density at radius 3 is 1.77 bits per heavy atom. The van der Waals surface area contributed by atoms with Crippen molar-refractivity contribution in [2.24, 2.45) is 23.7 Å². The average Bonchev–Trinajstić information content (AvgIpc) is 4.49. The van der Waals surface area contributed by atoms with Crippen molar-refractivity contribution >= 4 is 19.1 Å². The first kappa shape index (κ1) is 69.1. The molecule has 3 aliphatic carbocycles. The number of rotatable bonds is 23. The number of likely N-dealkylation sites (N-methyl/N-ethyl adjacent to an activating group) is 1. The van der Waals surface area contributed by atoms with E-state index in [-0.39, 0.29) is 56.2 Å². The summed E-state index contributed by atoms with van der Waals surface area (Å²) in [5, 5.41) is 60.8. The summed E-state index contributed by atoms with van der Waals surface area (Å²) in [5.41, 5.74) is -1.08. The fourth-order valence-corrected chi connectivity index (χ4v) is 26.3. The van der Waals surface area contributed by atoms with Gasteiger partial charge in [0, 0.05) is 26.1 Å². The van der Waals surface area contributed by atoms with Gasteiger partial charge in [-0.05, 0) is 106 Å². The van der Waals surface area contributed by atoms with E-state index >= 15 is 0 Å². The standard InChI is InChI=1S/C66H123N2O12P/c1-14-56-66(10,75)61(71)48(6)68(57(69)37-23-21-19-17-15-16-18-20-22-30-38-81(50-31-24-25-32-50,51-33-26-27-34-51)52-35-28-29-36-52)43-44(2)41-64(8,74)53(40-55-59(70)54(67(11)12)39-45(3)77-55)46(4)60(47(5)63(73)79-56)80-58-42-65(9,76-13)62(72)49(7)78-58/h44-56,58-62,70-72,74-75,81H,14-43H2,1-13H3/t44-,45-,46-,47-,48-,49+,53-,54+,55+,56-,58+,59-,60+,61-,62+,64-,65-,66-/m1/s1. The van der Waals surface area contributed by atoms with Crippen LogP contribution in [0.15, 0.2) is 0 Å². The van der Waals surface area contributed by atoms with Gasteiger partial charge in [0.05, 0.1) is 53.7 Å². The molecule has 474 valence electrons. The van der Waals surface area contributed by atoms with Gasteiger partial charge in [0.15, 0.2) is 6.29 Å². The zero-order valence-electron chi connectivity index (χ0n) is 53.6. The SMILES string of the molecule is CC[C@H]1OC(=O)[C@H](C)[C@@H](O[C@H]2C[C@@](C)(OC)[C@@H](O)[C@H](C)O2)[C@H](C)[C@@H](C[C@@H]2O[C@H](C)C[C@H](N(C)C)[C@H]2O)[C@](C)(O)C[C@@H](C)CN(C(=O)CCCCCCCCCCCC[PH](C2CCCC2)(C2CCCC2)C2CCCC2)[C@H](C)[C@@H](O)[C@]1(C)O. The first-order chi connectivity index (χ1) is 38.3. The number of methoxy groups -OCH3 is 1. The molecule has 0 bridgehead atoms. The molecule has 81 heavy (non-hydrogen) atoms. The summed E-state index contributed by atoms with van der Waals surface area (Å²) in [6.45, 7) is 18.2. The van der Waals surface area contributed by atoms with Gasteiger partial charge < -0.3 is 59.0 Å². The second kappa shape index (κ2) is 31.2. The van der Waals surface area contributed by atoms with Crippen LogP contribution < -0.4 is 0 Å².